The van der Waals surface area contributed by atoms with Crippen LogP contribution >= 0.6 is 11.6 Å². The standard InChI is InChI=1S/C14H20ClN3O2S/c15-12-3-4-14(13(16)9-12)21(19,20)18-7-5-17(6-8-18)10-11-1-2-11/h3-4,9,11H,1-2,5-8,10,16H2. The van der Waals surface area contributed by atoms with E-state index in [0.717, 1.165) is 25.6 Å². The maximum atomic E-state index is 12.6. The van der Waals surface area contributed by atoms with Gasteiger partial charge in [0.15, 0.2) is 0 Å². The van der Waals surface area contributed by atoms with Crippen LogP contribution in [-0.4, -0.2) is 50.3 Å². The van der Waals surface area contributed by atoms with Crippen molar-refractivity contribution in [2.24, 2.45) is 5.92 Å². The van der Waals surface area contributed by atoms with E-state index >= 15 is 0 Å². The molecule has 0 unspecified atom stereocenters. The molecule has 2 N–H and O–H groups in total. The fourth-order valence-corrected chi connectivity index (χ4v) is 4.41. The minimum absolute atomic E-state index is 0.155. The maximum Gasteiger partial charge on any atom is 0.245 e. The Bertz CT molecular complexity index is 623. The molecule has 21 heavy (non-hydrogen) atoms. The minimum Gasteiger partial charge on any atom is -0.398 e. The van der Waals surface area contributed by atoms with Crippen LogP contribution in [0.25, 0.3) is 0 Å². The van der Waals surface area contributed by atoms with Crippen molar-refractivity contribution in [1.29, 1.82) is 0 Å². The number of rotatable bonds is 4. The minimum atomic E-state index is -3.52. The molecule has 2 aliphatic rings. The molecule has 5 nitrogen and oxygen atoms in total. The monoisotopic (exact) mass is 329 g/mol. The van der Waals surface area contributed by atoms with Gasteiger partial charge in [0, 0.05) is 37.7 Å². The Balaban J connectivity index is 1.70. The summed E-state index contributed by atoms with van der Waals surface area (Å²) < 4.78 is 26.8. The van der Waals surface area contributed by atoms with E-state index in [4.69, 9.17) is 17.3 Å². The van der Waals surface area contributed by atoms with E-state index in [0.29, 0.717) is 18.1 Å². The highest BCUT2D eigenvalue weighted by molar-refractivity contribution is 7.89. The molecule has 116 valence electrons. The zero-order chi connectivity index (χ0) is 15.0. The number of hydrogen-bond acceptors (Lipinski definition) is 4. The van der Waals surface area contributed by atoms with E-state index in [9.17, 15) is 8.42 Å². The summed E-state index contributed by atoms with van der Waals surface area (Å²) in [5.74, 6) is 0.833. The van der Waals surface area contributed by atoms with Gasteiger partial charge in [-0.15, -0.1) is 0 Å². The van der Waals surface area contributed by atoms with Crippen molar-refractivity contribution in [3.05, 3.63) is 23.2 Å². The largest absolute Gasteiger partial charge is 0.398 e. The molecule has 3 rings (SSSR count). The first kappa shape index (κ1) is 15.1. The third-order valence-electron chi connectivity index (χ3n) is 4.13. The molecule has 0 spiro atoms. The SMILES string of the molecule is Nc1cc(Cl)ccc1S(=O)(=O)N1CCN(CC2CC2)CC1. The Morgan fingerprint density at radius 3 is 2.43 bits per heavy atom. The van der Waals surface area contributed by atoms with Crippen LogP contribution in [0, 0.1) is 5.92 Å². The van der Waals surface area contributed by atoms with Gasteiger partial charge in [0.25, 0.3) is 0 Å². The Hall–Kier alpha value is -0.820. The van der Waals surface area contributed by atoms with E-state index in [-0.39, 0.29) is 10.6 Å². The van der Waals surface area contributed by atoms with Gasteiger partial charge >= 0.3 is 0 Å². The fraction of sp³-hybridized carbons (Fsp3) is 0.571. The Kier molecular flexibility index (Phi) is 4.14. The van der Waals surface area contributed by atoms with Gasteiger partial charge in [-0.2, -0.15) is 4.31 Å². The van der Waals surface area contributed by atoms with E-state index in [1.54, 1.807) is 6.07 Å². The van der Waals surface area contributed by atoms with Gasteiger partial charge in [-0.25, -0.2) is 8.42 Å². The number of hydrogen-bond donors (Lipinski definition) is 1. The summed E-state index contributed by atoms with van der Waals surface area (Å²) in [6, 6.07) is 4.54. The zero-order valence-corrected chi connectivity index (χ0v) is 13.4. The number of piperazine rings is 1. The van der Waals surface area contributed by atoms with Gasteiger partial charge in [0.05, 0.1) is 5.69 Å². The van der Waals surface area contributed by atoms with Crippen molar-refractivity contribution < 1.29 is 8.42 Å². The third kappa shape index (κ3) is 3.34. The van der Waals surface area contributed by atoms with Gasteiger partial charge < -0.3 is 10.6 Å². The molecule has 1 aliphatic heterocycles. The molecule has 7 heteroatoms. The molecule has 0 atom stereocenters. The van der Waals surface area contributed by atoms with Crippen LogP contribution < -0.4 is 5.73 Å². The quantitative estimate of drug-likeness (QED) is 0.853. The second-order valence-corrected chi connectivity index (χ2v) is 8.17. The third-order valence-corrected chi connectivity index (χ3v) is 6.34. The topological polar surface area (TPSA) is 66.6 Å². The molecular weight excluding hydrogens is 310 g/mol. The summed E-state index contributed by atoms with van der Waals surface area (Å²) >= 11 is 5.83. The van der Waals surface area contributed by atoms with Gasteiger partial charge in [-0.3, -0.25) is 0 Å². The molecule has 1 aromatic rings. The molecule has 0 amide bonds. The molecule has 0 radical (unpaired) electrons. The van der Waals surface area contributed by atoms with Crippen LogP contribution in [0.5, 0.6) is 0 Å². The normalized spacial score (nSPS) is 21.6. The average molecular weight is 330 g/mol. The van der Waals surface area contributed by atoms with Crippen molar-refractivity contribution in [3.8, 4) is 0 Å². The van der Waals surface area contributed by atoms with E-state index < -0.39 is 10.0 Å². The highest BCUT2D eigenvalue weighted by Gasteiger charge is 2.32. The van der Waals surface area contributed by atoms with Crippen LogP contribution in [0.15, 0.2) is 23.1 Å². The molecule has 2 fully saturated rings. The number of sulfonamides is 1. The molecule has 0 aromatic heterocycles. The van der Waals surface area contributed by atoms with Crippen molar-refractivity contribution in [3.63, 3.8) is 0 Å². The van der Waals surface area contributed by atoms with Crippen molar-refractivity contribution >= 4 is 27.3 Å². The van der Waals surface area contributed by atoms with Crippen LogP contribution in [0.3, 0.4) is 0 Å². The number of halogens is 1. The second kappa shape index (κ2) is 5.76. The first-order valence-electron chi connectivity index (χ1n) is 7.24. The lowest BCUT2D eigenvalue weighted by atomic mass is 10.3. The molecule has 1 aromatic carbocycles. The summed E-state index contributed by atoms with van der Waals surface area (Å²) in [4.78, 5) is 2.51. The van der Waals surface area contributed by atoms with Gasteiger partial charge in [0.1, 0.15) is 4.90 Å². The molecular formula is C14H20ClN3O2S. The van der Waals surface area contributed by atoms with Gasteiger partial charge in [0.2, 0.25) is 10.0 Å². The lowest BCUT2D eigenvalue weighted by molar-refractivity contribution is 0.182. The Morgan fingerprint density at radius 1 is 1.19 bits per heavy atom. The fourth-order valence-electron chi connectivity index (χ4n) is 2.71. The van der Waals surface area contributed by atoms with Gasteiger partial charge in [-0.1, -0.05) is 11.6 Å². The molecule has 1 saturated carbocycles. The van der Waals surface area contributed by atoms with Crippen LogP contribution in [-0.2, 0) is 10.0 Å². The predicted octanol–water partition coefficient (Wildman–Crippen LogP) is 1.64. The molecule has 1 aliphatic carbocycles. The summed E-state index contributed by atoms with van der Waals surface area (Å²) in [7, 11) is -3.52. The zero-order valence-electron chi connectivity index (χ0n) is 11.8. The first-order valence-corrected chi connectivity index (χ1v) is 9.06. The van der Waals surface area contributed by atoms with Crippen molar-refractivity contribution in [2.75, 3.05) is 38.5 Å². The summed E-state index contributed by atoms with van der Waals surface area (Å²) in [5.41, 5.74) is 6.03. The molecule has 1 saturated heterocycles. The lowest BCUT2D eigenvalue weighted by Crippen LogP contribution is -2.49. The maximum absolute atomic E-state index is 12.6. The van der Waals surface area contributed by atoms with Crippen molar-refractivity contribution in [1.82, 2.24) is 9.21 Å². The van der Waals surface area contributed by atoms with Crippen LogP contribution in [0.1, 0.15) is 12.8 Å². The summed E-state index contributed by atoms with van der Waals surface area (Å²) in [6.07, 6.45) is 2.64. The summed E-state index contributed by atoms with van der Waals surface area (Å²) in [6.45, 7) is 3.75. The average Bonchev–Trinajstić information content (AvgIpc) is 3.23. The highest BCUT2D eigenvalue weighted by atomic mass is 35.5. The Labute approximate surface area is 130 Å². The molecule has 1 heterocycles. The second-order valence-electron chi connectivity index (χ2n) is 5.83. The summed E-state index contributed by atoms with van der Waals surface area (Å²) in [5, 5.41) is 0.445. The number of nitrogen functional groups attached to an aromatic ring is 1. The van der Waals surface area contributed by atoms with E-state index in [1.165, 1.54) is 29.3 Å². The van der Waals surface area contributed by atoms with Crippen LogP contribution in [0.4, 0.5) is 5.69 Å². The smallest absolute Gasteiger partial charge is 0.245 e. The highest BCUT2D eigenvalue weighted by Crippen LogP contribution is 2.30. The van der Waals surface area contributed by atoms with Crippen LogP contribution in [0.2, 0.25) is 5.02 Å². The van der Waals surface area contributed by atoms with Crippen molar-refractivity contribution in [2.45, 2.75) is 17.7 Å². The number of benzene rings is 1. The van der Waals surface area contributed by atoms with Gasteiger partial charge in [-0.05, 0) is 37.0 Å². The van der Waals surface area contributed by atoms with E-state index in [1.807, 2.05) is 0 Å². The first-order chi connectivity index (χ1) is 9.96. The molecule has 0 bridgehead atoms. The number of anilines is 1. The predicted molar refractivity (Wildman–Crippen MR) is 83.8 cm³/mol. The Morgan fingerprint density at radius 2 is 1.86 bits per heavy atom. The number of nitrogens with zero attached hydrogens (tertiary/aromatic N) is 2. The number of nitrogens with two attached hydrogens (primary N) is 1. The van der Waals surface area contributed by atoms with E-state index in [2.05, 4.69) is 4.90 Å². The lowest BCUT2D eigenvalue weighted by Gasteiger charge is -2.34.